The van der Waals surface area contributed by atoms with Crippen LogP contribution in [0.4, 0.5) is 5.69 Å². The topological polar surface area (TPSA) is 62.7 Å². The lowest BCUT2D eigenvalue weighted by molar-refractivity contribution is -0.0750. The first-order valence-corrected chi connectivity index (χ1v) is 5.99. The highest BCUT2D eigenvalue weighted by molar-refractivity contribution is 5.94. The van der Waals surface area contributed by atoms with E-state index in [4.69, 9.17) is 4.74 Å². The van der Waals surface area contributed by atoms with Gasteiger partial charge in [0.15, 0.2) is 0 Å². The summed E-state index contributed by atoms with van der Waals surface area (Å²) in [4.78, 5) is 17.1. The van der Waals surface area contributed by atoms with Crippen LogP contribution in [-0.4, -0.2) is 40.9 Å². The van der Waals surface area contributed by atoms with E-state index in [9.17, 15) is 9.90 Å². The van der Waals surface area contributed by atoms with Crippen LogP contribution in [0.15, 0.2) is 18.5 Å². The molecular formula is C13H18N2O3. The molecular weight excluding hydrogens is 232 g/mol. The number of rotatable bonds is 2. The van der Waals surface area contributed by atoms with Gasteiger partial charge in [0.1, 0.15) is 5.56 Å². The van der Waals surface area contributed by atoms with Crippen molar-refractivity contribution in [1.29, 1.82) is 0 Å². The second-order valence-electron chi connectivity index (χ2n) is 5.27. The summed E-state index contributed by atoms with van der Waals surface area (Å²) in [7, 11) is 0. The molecule has 0 aliphatic carbocycles. The maximum absolute atomic E-state index is 11.2. The lowest BCUT2D eigenvalue weighted by atomic mass is 10.0. The van der Waals surface area contributed by atoms with Gasteiger partial charge in [-0.1, -0.05) is 0 Å². The highest BCUT2D eigenvalue weighted by Gasteiger charge is 2.32. The number of aromatic carboxylic acids is 1. The van der Waals surface area contributed by atoms with E-state index in [1.165, 1.54) is 6.20 Å². The summed E-state index contributed by atoms with van der Waals surface area (Å²) in [6.45, 7) is 7.37. The second-order valence-corrected chi connectivity index (χ2v) is 5.27. The Labute approximate surface area is 106 Å². The number of nitrogens with zero attached hydrogens (tertiary/aromatic N) is 2. The van der Waals surface area contributed by atoms with Crippen molar-refractivity contribution < 1.29 is 14.6 Å². The Morgan fingerprint density at radius 2 is 2.33 bits per heavy atom. The largest absolute Gasteiger partial charge is 0.478 e. The molecule has 0 saturated carbocycles. The number of aromatic nitrogens is 1. The van der Waals surface area contributed by atoms with Gasteiger partial charge in [0.2, 0.25) is 0 Å². The molecule has 0 amide bonds. The smallest absolute Gasteiger partial charge is 0.339 e. The highest BCUT2D eigenvalue weighted by Crippen LogP contribution is 2.27. The summed E-state index contributed by atoms with van der Waals surface area (Å²) in [6.07, 6.45) is 3.09. The molecule has 0 radical (unpaired) electrons. The van der Waals surface area contributed by atoms with Crippen LogP contribution in [0.1, 0.15) is 31.1 Å². The van der Waals surface area contributed by atoms with Crippen LogP contribution in [0.25, 0.3) is 0 Å². The van der Waals surface area contributed by atoms with Gasteiger partial charge in [-0.2, -0.15) is 0 Å². The lowest BCUT2D eigenvalue weighted by Crippen LogP contribution is -2.52. The molecule has 1 saturated heterocycles. The first kappa shape index (κ1) is 12.8. The predicted molar refractivity (Wildman–Crippen MR) is 68.0 cm³/mol. The fraction of sp³-hybridized carbons (Fsp3) is 0.538. The Morgan fingerprint density at radius 3 is 2.94 bits per heavy atom. The van der Waals surface area contributed by atoms with Crippen molar-refractivity contribution in [3.63, 3.8) is 0 Å². The molecule has 0 spiro atoms. The van der Waals surface area contributed by atoms with E-state index in [1.54, 1.807) is 12.3 Å². The number of carboxylic acids is 1. The predicted octanol–water partition coefficient (Wildman–Crippen LogP) is 1.78. The Balaban J connectivity index is 2.34. The van der Waals surface area contributed by atoms with Crippen LogP contribution in [0, 0.1) is 0 Å². The SMILES string of the molecule is CC1CN(c2ccncc2C(=O)O)CC(C)(C)O1. The van der Waals surface area contributed by atoms with Crippen molar-refractivity contribution in [2.75, 3.05) is 18.0 Å². The van der Waals surface area contributed by atoms with Gasteiger partial charge in [-0.25, -0.2) is 4.79 Å². The maximum atomic E-state index is 11.2. The fourth-order valence-corrected chi connectivity index (χ4v) is 2.46. The molecule has 0 bridgehead atoms. The van der Waals surface area contributed by atoms with Crippen molar-refractivity contribution in [2.24, 2.45) is 0 Å². The van der Waals surface area contributed by atoms with Crippen molar-refractivity contribution in [3.8, 4) is 0 Å². The molecule has 1 aromatic heterocycles. The first-order valence-electron chi connectivity index (χ1n) is 5.99. The molecule has 98 valence electrons. The second kappa shape index (κ2) is 4.57. The number of hydrogen-bond donors (Lipinski definition) is 1. The van der Waals surface area contributed by atoms with Gasteiger partial charge in [0.05, 0.1) is 17.4 Å². The summed E-state index contributed by atoms with van der Waals surface area (Å²) >= 11 is 0. The van der Waals surface area contributed by atoms with Crippen molar-refractivity contribution in [1.82, 2.24) is 4.98 Å². The Bertz CT molecular complexity index is 459. The van der Waals surface area contributed by atoms with Gasteiger partial charge in [-0.05, 0) is 26.8 Å². The van der Waals surface area contributed by atoms with Gasteiger partial charge in [-0.15, -0.1) is 0 Å². The maximum Gasteiger partial charge on any atom is 0.339 e. The minimum absolute atomic E-state index is 0.0727. The minimum atomic E-state index is -0.949. The van der Waals surface area contributed by atoms with E-state index in [0.29, 0.717) is 18.8 Å². The van der Waals surface area contributed by atoms with Crippen LogP contribution in [0.2, 0.25) is 0 Å². The third-order valence-corrected chi connectivity index (χ3v) is 2.94. The van der Waals surface area contributed by atoms with Crippen LogP contribution >= 0.6 is 0 Å². The third-order valence-electron chi connectivity index (χ3n) is 2.94. The van der Waals surface area contributed by atoms with E-state index in [0.717, 1.165) is 0 Å². The first-order chi connectivity index (χ1) is 8.39. The quantitative estimate of drug-likeness (QED) is 0.867. The van der Waals surface area contributed by atoms with E-state index in [1.807, 2.05) is 20.8 Å². The molecule has 0 aromatic carbocycles. The van der Waals surface area contributed by atoms with Gasteiger partial charge >= 0.3 is 5.97 Å². The number of hydrogen-bond acceptors (Lipinski definition) is 4. The average Bonchev–Trinajstić information content (AvgIpc) is 2.26. The average molecular weight is 250 g/mol. The molecule has 2 heterocycles. The molecule has 2 rings (SSSR count). The van der Waals surface area contributed by atoms with Crippen molar-refractivity contribution >= 4 is 11.7 Å². The number of anilines is 1. The summed E-state index contributed by atoms with van der Waals surface area (Å²) in [6, 6.07) is 1.75. The van der Waals surface area contributed by atoms with Gasteiger partial charge in [0.25, 0.3) is 0 Å². The molecule has 5 nitrogen and oxygen atoms in total. The normalized spacial score (nSPS) is 22.8. The van der Waals surface area contributed by atoms with Crippen LogP contribution < -0.4 is 4.90 Å². The number of ether oxygens (including phenoxy) is 1. The summed E-state index contributed by atoms with van der Waals surface area (Å²) in [5.41, 5.74) is 0.666. The highest BCUT2D eigenvalue weighted by atomic mass is 16.5. The zero-order chi connectivity index (χ0) is 13.3. The molecule has 1 aliphatic rings. The van der Waals surface area contributed by atoms with Crippen LogP contribution in [-0.2, 0) is 4.74 Å². The molecule has 18 heavy (non-hydrogen) atoms. The third kappa shape index (κ3) is 2.61. The van der Waals surface area contributed by atoms with Crippen LogP contribution in [0.3, 0.4) is 0 Å². The Kier molecular flexibility index (Phi) is 3.26. The van der Waals surface area contributed by atoms with Crippen LogP contribution in [0.5, 0.6) is 0 Å². The number of carboxylic acid groups (broad SMARTS) is 1. The van der Waals surface area contributed by atoms with Gasteiger partial charge in [-0.3, -0.25) is 4.98 Å². The molecule has 1 unspecified atom stereocenters. The van der Waals surface area contributed by atoms with Crippen molar-refractivity contribution in [3.05, 3.63) is 24.0 Å². The zero-order valence-electron chi connectivity index (χ0n) is 10.9. The van der Waals surface area contributed by atoms with Gasteiger partial charge < -0.3 is 14.7 Å². The fourth-order valence-electron chi connectivity index (χ4n) is 2.46. The molecule has 1 aromatic rings. The monoisotopic (exact) mass is 250 g/mol. The van der Waals surface area contributed by atoms with E-state index >= 15 is 0 Å². The van der Waals surface area contributed by atoms with E-state index < -0.39 is 5.97 Å². The summed E-state index contributed by atoms with van der Waals surface area (Å²) in [5.74, 6) is -0.949. The standard InChI is InChI=1S/C13H18N2O3/c1-9-7-15(8-13(2,3)18-9)11-4-5-14-6-10(11)12(16)17/h4-6,9H,7-8H2,1-3H3,(H,16,17). The summed E-state index contributed by atoms with van der Waals surface area (Å²) < 4.78 is 5.82. The molecule has 1 fully saturated rings. The van der Waals surface area contributed by atoms with Gasteiger partial charge in [0, 0.05) is 25.5 Å². The number of pyridine rings is 1. The van der Waals surface area contributed by atoms with Crippen molar-refractivity contribution in [2.45, 2.75) is 32.5 Å². The Morgan fingerprint density at radius 1 is 1.61 bits per heavy atom. The number of carbonyl (C=O) groups is 1. The number of morpholine rings is 1. The van der Waals surface area contributed by atoms with E-state index in [-0.39, 0.29) is 17.3 Å². The lowest BCUT2D eigenvalue weighted by Gasteiger charge is -2.43. The van der Waals surface area contributed by atoms with E-state index in [2.05, 4.69) is 9.88 Å². The zero-order valence-corrected chi connectivity index (χ0v) is 10.9. The molecule has 1 atom stereocenters. The Hall–Kier alpha value is -1.62. The molecule has 1 aliphatic heterocycles. The molecule has 1 N–H and O–H groups in total. The molecule has 5 heteroatoms. The summed E-state index contributed by atoms with van der Waals surface area (Å²) in [5, 5.41) is 9.19. The minimum Gasteiger partial charge on any atom is -0.478 e.